The fraction of sp³-hybridized carbons (Fsp3) is 0.231. The van der Waals surface area contributed by atoms with Gasteiger partial charge in [-0.2, -0.15) is 5.10 Å². The van der Waals surface area contributed by atoms with Crippen molar-refractivity contribution in [3.05, 3.63) is 100 Å². The zero-order valence-electron chi connectivity index (χ0n) is 17.9. The maximum Gasteiger partial charge on any atom is 0.251 e. The highest BCUT2D eigenvalue weighted by Crippen LogP contribution is 2.20. The molecule has 0 spiro atoms. The average molecular weight is 398 g/mol. The van der Waals surface area contributed by atoms with E-state index in [1.165, 1.54) is 22.3 Å². The molecule has 1 atom stereocenters. The van der Waals surface area contributed by atoms with Crippen LogP contribution in [0.15, 0.2) is 66.9 Å². The van der Waals surface area contributed by atoms with E-state index in [-0.39, 0.29) is 11.9 Å². The molecule has 0 saturated heterocycles. The van der Waals surface area contributed by atoms with Crippen LogP contribution in [0.5, 0.6) is 0 Å². The summed E-state index contributed by atoms with van der Waals surface area (Å²) in [4.78, 5) is 12.9. The second-order valence-electron chi connectivity index (χ2n) is 8.10. The molecule has 4 heteroatoms. The van der Waals surface area contributed by atoms with Gasteiger partial charge in [0, 0.05) is 10.9 Å². The van der Waals surface area contributed by atoms with Crippen molar-refractivity contribution in [2.45, 2.75) is 40.3 Å². The van der Waals surface area contributed by atoms with Crippen LogP contribution in [0.4, 0.5) is 0 Å². The number of fused-ring (bicyclic) bond motifs is 1. The highest BCUT2D eigenvalue weighted by atomic mass is 16.1. The first-order valence-corrected chi connectivity index (χ1v) is 10.3. The number of amides is 1. The number of benzene rings is 3. The quantitative estimate of drug-likeness (QED) is 0.483. The lowest BCUT2D eigenvalue weighted by atomic mass is 10.0. The maximum absolute atomic E-state index is 12.9. The Kier molecular flexibility index (Phi) is 5.40. The van der Waals surface area contributed by atoms with Crippen molar-refractivity contribution in [3.63, 3.8) is 0 Å². The van der Waals surface area contributed by atoms with Gasteiger partial charge in [-0.05, 0) is 62.1 Å². The molecular formula is C26H27N3O. The predicted molar refractivity (Wildman–Crippen MR) is 122 cm³/mol. The topological polar surface area (TPSA) is 46.9 Å². The Labute approximate surface area is 177 Å². The van der Waals surface area contributed by atoms with E-state index in [9.17, 15) is 4.79 Å². The highest BCUT2D eigenvalue weighted by Gasteiger charge is 2.14. The van der Waals surface area contributed by atoms with Crippen molar-refractivity contribution in [1.29, 1.82) is 0 Å². The summed E-state index contributed by atoms with van der Waals surface area (Å²) in [6.07, 6.45) is 1.85. The van der Waals surface area contributed by atoms with Gasteiger partial charge in [0.15, 0.2) is 0 Å². The van der Waals surface area contributed by atoms with Gasteiger partial charge in [-0.15, -0.1) is 0 Å². The van der Waals surface area contributed by atoms with Crippen LogP contribution in [0.3, 0.4) is 0 Å². The van der Waals surface area contributed by atoms with E-state index in [0.29, 0.717) is 12.1 Å². The summed E-state index contributed by atoms with van der Waals surface area (Å²) in [5.74, 6) is -0.0780. The Hall–Kier alpha value is -3.40. The van der Waals surface area contributed by atoms with Crippen molar-refractivity contribution in [3.8, 4) is 0 Å². The third kappa shape index (κ3) is 4.13. The molecule has 0 radical (unpaired) electrons. The second-order valence-corrected chi connectivity index (χ2v) is 8.10. The number of aryl methyl sites for hydroxylation is 3. The van der Waals surface area contributed by atoms with E-state index in [2.05, 4.69) is 73.7 Å². The van der Waals surface area contributed by atoms with Crippen molar-refractivity contribution < 1.29 is 4.79 Å². The number of carbonyl (C=O) groups excluding carboxylic acids is 1. The molecule has 4 rings (SSSR count). The van der Waals surface area contributed by atoms with Gasteiger partial charge in [0.05, 0.1) is 24.3 Å². The van der Waals surface area contributed by atoms with Crippen LogP contribution in [0.2, 0.25) is 0 Å². The van der Waals surface area contributed by atoms with Gasteiger partial charge in [0.1, 0.15) is 0 Å². The monoisotopic (exact) mass is 397 g/mol. The molecule has 0 aliphatic heterocycles. The first-order valence-electron chi connectivity index (χ1n) is 10.3. The second kappa shape index (κ2) is 8.15. The first-order chi connectivity index (χ1) is 14.4. The van der Waals surface area contributed by atoms with Crippen LogP contribution in [0.25, 0.3) is 10.9 Å². The summed E-state index contributed by atoms with van der Waals surface area (Å²) in [7, 11) is 0. The Morgan fingerprint density at radius 1 is 0.967 bits per heavy atom. The third-order valence-electron chi connectivity index (χ3n) is 5.74. The maximum atomic E-state index is 12.9. The molecule has 4 aromatic rings. The number of rotatable bonds is 5. The Balaban J connectivity index is 1.55. The summed E-state index contributed by atoms with van der Waals surface area (Å²) in [6.45, 7) is 8.96. The lowest BCUT2D eigenvalue weighted by Gasteiger charge is -2.16. The minimum absolute atomic E-state index is 0.0648. The molecule has 4 nitrogen and oxygen atoms in total. The van der Waals surface area contributed by atoms with Gasteiger partial charge >= 0.3 is 0 Å². The summed E-state index contributed by atoms with van der Waals surface area (Å²) in [5.41, 5.74) is 7.62. The summed E-state index contributed by atoms with van der Waals surface area (Å²) < 4.78 is 1.95. The number of hydrogen-bond acceptors (Lipinski definition) is 2. The molecule has 3 aromatic carbocycles. The molecule has 0 fully saturated rings. The van der Waals surface area contributed by atoms with Crippen LogP contribution in [-0.2, 0) is 6.54 Å². The van der Waals surface area contributed by atoms with Crippen LogP contribution in [-0.4, -0.2) is 15.7 Å². The van der Waals surface area contributed by atoms with Crippen LogP contribution in [0, 0.1) is 20.8 Å². The fourth-order valence-electron chi connectivity index (χ4n) is 3.60. The lowest BCUT2D eigenvalue weighted by Crippen LogP contribution is -2.26. The Morgan fingerprint density at radius 3 is 2.47 bits per heavy atom. The van der Waals surface area contributed by atoms with E-state index in [1.807, 2.05) is 36.0 Å². The van der Waals surface area contributed by atoms with E-state index >= 15 is 0 Å². The van der Waals surface area contributed by atoms with Crippen molar-refractivity contribution in [2.75, 3.05) is 0 Å². The number of carbonyl (C=O) groups is 1. The SMILES string of the molecule is Cc1ccc(Cn2ncc3ccc(C(=O)N[C@H](C)c4ccc(C)c(C)c4)cc32)cc1. The molecule has 0 aliphatic rings. The van der Waals surface area contributed by atoms with E-state index < -0.39 is 0 Å². The molecule has 1 N–H and O–H groups in total. The zero-order chi connectivity index (χ0) is 21.3. The normalized spacial score (nSPS) is 12.1. The third-order valence-corrected chi connectivity index (χ3v) is 5.74. The van der Waals surface area contributed by atoms with Gasteiger partial charge in [-0.25, -0.2) is 0 Å². The summed E-state index contributed by atoms with van der Waals surface area (Å²) >= 11 is 0. The molecule has 30 heavy (non-hydrogen) atoms. The molecule has 1 aromatic heterocycles. The average Bonchev–Trinajstić information content (AvgIpc) is 3.13. The van der Waals surface area contributed by atoms with Crippen molar-refractivity contribution >= 4 is 16.8 Å². The van der Waals surface area contributed by atoms with E-state index in [4.69, 9.17) is 0 Å². The highest BCUT2D eigenvalue weighted by molar-refractivity contribution is 5.98. The van der Waals surface area contributed by atoms with Crippen LogP contribution < -0.4 is 5.32 Å². The largest absolute Gasteiger partial charge is 0.346 e. The van der Waals surface area contributed by atoms with Gasteiger partial charge < -0.3 is 5.32 Å². The zero-order valence-corrected chi connectivity index (χ0v) is 17.9. The van der Waals surface area contributed by atoms with Gasteiger partial charge in [0.2, 0.25) is 0 Å². The van der Waals surface area contributed by atoms with Gasteiger partial charge in [-0.3, -0.25) is 9.48 Å². The molecule has 1 amide bonds. The molecule has 0 aliphatic carbocycles. The van der Waals surface area contributed by atoms with Gasteiger partial charge in [0.25, 0.3) is 5.91 Å². The summed E-state index contributed by atoms with van der Waals surface area (Å²) in [5, 5.41) is 8.68. The minimum atomic E-state index is -0.0780. The fourth-order valence-corrected chi connectivity index (χ4v) is 3.60. The number of hydrogen-bond donors (Lipinski definition) is 1. The number of aromatic nitrogens is 2. The van der Waals surface area contributed by atoms with Crippen LogP contribution >= 0.6 is 0 Å². The molecule has 1 heterocycles. The molecule has 152 valence electrons. The van der Waals surface area contributed by atoms with Gasteiger partial charge in [-0.1, -0.05) is 54.1 Å². The molecule has 0 bridgehead atoms. The summed E-state index contributed by atoms with van der Waals surface area (Å²) in [6, 6.07) is 20.4. The minimum Gasteiger partial charge on any atom is -0.346 e. The lowest BCUT2D eigenvalue weighted by molar-refractivity contribution is 0.0940. The van der Waals surface area contributed by atoms with E-state index in [1.54, 1.807) is 0 Å². The number of nitrogens with one attached hydrogen (secondary N) is 1. The van der Waals surface area contributed by atoms with E-state index in [0.717, 1.165) is 16.5 Å². The first kappa shape index (κ1) is 19.9. The van der Waals surface area contributed by atoms with Crippen LogP contribution in [0.1, 0.15) is 51.1 Å². The smallest absolute Gasteiger partial charge is 0.251 e. The standard InChI is InChI=1S/C26H27N3O/c1-17-5-8-21(9-6-17)16-29-25-14-23(11-12-24(25)15-27-29)26(30)28-20(4)22-10-7-18(2)19(3)13-22/h5-15,20H,16H2,1-4H3,(H,28,30)/t20-/m1/s1. The molecule has 0 saturated carbocycles. The molecular weight excluding hydrogens is 370 g/mol. The van der Waals surface area contributed by atoms with Crippen molar-refractivity contribution in [2.24, 2.45) is 0 Å². The number of nitrogens with zero attached hydrogens (tertiary/aromatic N) is 2. The predicted octanol–water partition coefficient (Wildman–Crippen LogP) is 5.50. The molecule has 0 unspecified atom stereocenters. The Bertz CT molecular complexity index is 1200. The van der Waals surface area contributed by atoms with Crippen molar-refractivity contribution in [1.82, 2.24) is 15.1 Å². The Morgan fingerprint density at radius 2 is 1.73 bits per heavy atom.